The summed E-state index contributed by atoms with van der Waals surface area (Å²) in [4.78, 5) is 0. The summed E-state index contributed by atoms with van der Waals surface area (Å²) < 4.78 is 5.01. The molecule has 0 amide bonds. The third-order valence-corrected chi connectivity index (χ3v) is 2.39. The van der Waals surface area contributed by atoms with Gasteiger partial charge in [0.2, 0.25) is 0 Å². The minimum atomic E-state index is 0.912. The fourth-order valence-electron chi connectivity index (χ4n) is 1.61. The van der Waals surface area contributed by atoms with Gasteiger partial charge in [-0.2, -0.15) is 0 Å². The molecule has 13 heavy (non-hydrogen) atoms. The second-order valence-electron chi connectivity index (χ2n) is 3.56. The van der Waals surface area contributed by atoms with Crippen molar-refractivity contribution in [2.24, 2.45) is 0 Å². The molecule has 0 atom stereocenters. The van der Waals surface area contributed by atoms with Gasteiger partial charge in [0.1, 0.15) is 0 Å². The number of unbranched alkanes of at least 4 members (excludes halogenated alkanes) is 2. The molecule has 1 rings (SSSR count). The number of ether oxygens (including phenoxy) is 1. The second-order valence-corrected chi connectivity index (χ2v) is 3.56. The summed E-state index contributed by atoms with van der Waals surface area (Å²) in [5.74, 6) is 0. The highest BCUT2D eigenvalue weighted by atomic mass is 16.5. The molecule has 0 spiro atoms. The Labute approximate surface area is 81.5 Å². The number of methoxy groups -OCH3 is 1. The van der Waals surface area contributed by atoms with Crippen LogP contribution in [-0.2, 0) is 4.74 Å². The van der Waals surface area contributed by atoms with E-state index in [4.69, 9.17) is 4.74 Å². The Morgan fingerprint density at radius 2 is 2.15 bits per heavy atom. The first-order valence-electron chi connectivity index (χ1n) is 5.28. The molecule has 0 saturated heterocycles. The van der Waals surface area contributed by atoms with Gasteiger partial charge < -0.3 is 4.74 Å². The van der Waals surface area contributed by atoms with Crippen LogP contribution in [0.3, 0.4) is 0 Å². The van der Waals surface area contributed by atoms with Gasteiger partial charge in [-0.15, -0.1) is 0 Å². The van der Waals surface area contributed by atoms with Crippen molar-refractivity contribution in [2.75, 3.05) is 13.7 Å². The van der Waals surface area contributed by atoms with Crippen molar-refractivity contribution in [2.45, 2.75) is 38.5 Å². The first-order chi connectivity index (χ1) is 6.43. The fourth-order valence-corrected chi connectivity index (χ4v) is 1.61. The molecule has 1 aliphatic rings. The lowest BCUT2D eigenvalue weighted by Crippen LogP contribution is -1.90. The average Bonchev–Trinajstić information content (AvgIpc) is 2.19. The molecule has 0 heterocycles. The van der Waals surface area contributed by atoms with Crippen LogP contribution in [0.2, 0.25) is 0 Å². The van der Waals surface area contributed by atoms with Crippen LogP contribution in [0.5, 0.6) is 0 Å². The van der Waals surface area contributed by atoms with Gasteiger partial charge in [0, 0.05) is 13.7 Å². The van der Waals surface area contributed by atoms with E-state index in [-0.39, 0.29) is 0 Å². The highest BCUT2D eigenvalue weighted by Crippen LogP contribution is 2.16. The molecule has 0 aromatic heterocycles. The Kier molecular flexibility index (Phi) is 5.59. The van der Waals surface area contributed by atoms with Crippen molar-refractivity contribution in [1.29, 1.82) is 0 Å². The van der Waals surface area contributed by atoms with Gasteiger partial charge in [0.15, 0.2) is 0 Å². The zero-order valence-corrected chi connectivity index (χ0v) is 8.59. The molecule has 0 bridgehead atoms. The third kappa shape index (κ3) is 4.89. The zero-order valence-electron chi connectivity index (χ0n) is 8.59. The molecule has 0 fully saturated rings. The molecule has 0 N–H and O–H groups in total. The van der Waals surface area contributed by atoms with Crippen LogP contribution in [0, 0.1) is 0 Å². The lowest BCUT2D eigenvalue weighted by atomic mass is 10.0. The van der Waals surface area contributed by atoms with Crippen molar-refractivity contribution < 1.29 is 4.74 Å². The van der Waals surface area contributed by atoms with Crippen LogP contribution >= 0.6 is 0 Å². The molecular weight excluding hydrogens is 160 g/mol. The van der Waals surface area contributed by atoms with Crippen molar-refractivity contribution in [3.05, 3.63) is 23.8 Å². The molecule has 0 saturated carbocycles. The van der Waals surface area contributed by atoms with Gasteiger partial charge in [0.25, 0.3) is 0 Å². The monoisotopic (exact) mass is 180 g/mol. The summed E-state index contributed by atoms with van der Waals surface area (Å²) >= 11 is 0. The normalized spacial score (nSPS) is 15.9. The molecule has 1 heteroatoms. The molecule has 0 aromatic carbocycles. The number of allylic oxidation sites excluding steroid dienone is 4. The van der Waals surface area contributed by atoms with Gasteiger partial charge in [-0.25, -0.2) is 0 Å². The van der Waals surface area contributed by atoms with Crippen molar-refractivity contribution in [3.8, 4) is 0 Å². The van der Waals surface area contributed by atoms with E-state index in [1.807, 2.05) is 0 Å². The van der Waals surface area contributed by atoms with Crippen LogP contribution < -0.4 is 0 Å². The summed E-state index contributed by atoms with van der Waals surface area (Å²) in [6, 6.07) is 0. The molecule has 0 aliphatic heterocycles. The van der Waals surface area contributed by atoms with Crippen LogP contribution in [0.4, 0.5) is 0 Å². The summed E-state index contributed by atoms with van der Waals surface area (Å²) in [5, 5.41) is 0. The third-order valence-electron chi connectivity index (χ3n) is 2.39. The summed E-state index contributed by atoms with van der Waals surface area (Å²) in [7, 11) is 1.77. The van der Waals surface area contributed by atoms with Crippen LogP contribution in [0.25, 0.3) is 0 Å². The lowest BCUT2D eigenvalue weighted by Gasteiger charge is -2.06. The zero-order chi connectivity index (χ0) is 9.36. The number of rotatable bonds is 6. The lowest BCUT2D eigenvalue weighted by molar-refractivity contribution is 0.192. The van der Waals surface area contributed by atoms with Crippen molar-refractivity contribution in [3.63, 3.8) is 0 Å². The SMILES string of the molecule is COCCCCCC1=CCCC=C1. The van der Waals surface area contributed by atoms with E-state index in [9.17, 15) is 0 Å². The quantitative estimate of drug-likeness (QED) is 0.569. The standard InChI is InChI=1S/C12H20O/c1-13-11-7-3-6-10-12-8-4-2-5-9-12/h4,8-9H,2-3,5-7,10-11H2,1H3. The van der Waals surface area contributed by atoms with Gasteiger partial charge >= 0.3 is 0 Å². The van der Waals surface area contributed by atoms with Gasteiger partial charge in [-0.3, -0.25) is 0 Å². The molecule has 74 valence electrons. The van der Waals surface area contributed by atoms with Crippen molar-refractivity contribution in [1.82, 2.24) is 0 Å². The maximum atomic E-state index is 5.01. The molecular formula is C12H20O. The Bertz CT molecular complexity index is 180. The summed E-state index contributed by atoms with van der Waals surface area (Å²) in [5.41, 5.74) is 1.53. The van der Waals surface area contributed by atoms with E-state index in [1.54, 1.807) is 7.11 Å². The van der Waals surface area contributed by atoms with Crippen LogP contribution in [0.1, 0.15) is 38.5 Å². The van der Waals surface area contributed by atoms with E-state index in [2.05, 4.69) is 18.2 Å². The fraction of sp³-hybridized carbons (Fsp3) is 0.667. The Hall–Kier alpha value is -0.560. The Morgan fingerprint density at radius 3 is 2.85 bits per heavy atom. The number of hydrogen-bond donors (Lipinski definition) is 0. The Morgan fingerprint density at radius 1 is 1.23 bits per heavy atom. The van der Waals surface area contributed by atoms with E-state index < -0.39 is 0 Å². The topological polar surface area (TPSA) is 9.23 Å². The smallest absolute Gasteiger partial charge is 0.0462 e. The highest BCUT2D eigenvalue weighted by Gasteiger charge is 1.96. The number of hydrogen-bond acceptors (Lipinski definition) is 1. The predicted molar refractivity (Wildman–Crippen MR) is 56.8 cm³/mol. The average molecular weight is 180 g/mol. The van der Waals surface area contributed by atoms with E-state index >= 15 is 0 Å². The molecule has 0 unspecified atom stereocenters. The Balaban J connectivity index is 1.99. The van der Waals surface area contributed by atoms with Crippen LogP contribution in [0.15, 0.2) is 23.8 Å². The largest absolute Gasteiger partial charge is 0.385 e. The first kappa shape index (κ1) is 10.5. The summed E-state index contributed by atoms with van der Waals surface area (Å²) in [6.07, 6.45) is 14.4. The van der Waals surface area contributed by atoms with Gasteiger partial charge in [0.05, 0.1) is 0 Å². The van der Waals surface area contributed by atoms with E-state index in [1.165, 1.54) is 44.1 Å². The van der Waals surface area contributed by atoms with E-state index in [0.29, 0.717) is 0 Å². The van der Waals surface area contributed by atoms with Crippen LogP contribution in [-0.4, -0.2) is 13.7 Å². The predicted octanol–water partition coefficient (Wildman–Crippen LogP) is 3.47. The maximum Gasteiger partial charge on any atom is 0.0462 e. The summed E-state index contributed by atoms with van der Waals surface area (Å²) in [6.45, 7) is 0.912. The molecule has 0 radical (unpaired) electrons. The highest BCUT2D eigenvalue weighted by molar-refractivity contribution is 5.21. The van der Waals surface area contributed by atoms with E-state index in [0.717, 1.165) is 6.61 Å². The van der Waals surface area contributed by atoms with Gasteiger partial charge in [-0.05, 0) is 32.1 Å². The van der Waals surface area contributed by atoms with Crippen molar-refractivity contribution >= 4 is 0 Å². The maximum absolute atomic E-state index is 5.01. The molecule has 1 nitrogen and oxygen atoms in total. The second kappa shape index (κ2) is 6.90. The minimum absolute atomic E-state index is 0.912. The molecule has 0 aromatic rings. The van der Waals surface area contributed by atoms with Gasteiger partial charge in [-0.1, -0.05) is 30.2 Å². The molecule has 1 aliphatic carbocycles. The first-order valence-corrected chi connectivity index (χ1v) is 5.28. The minimum Gasteiger partial charge on any atom is -0.385 e.